The van der Waals surface area contributed by atoms with Crippen LogP contribution < -0.4 is 10.6 Å². The van der Waals surface area contributed by atoms with E-state index in [0.717, 1.165) is 11.0 Å². The van der Waals surface area contributed by atoms with Crippen LogP contribution in [0, 0.1) is 0 Å². The first kappa shape index (κ1) is 13.1. The summed E-state index contributed by atoms with van der Waals surface area (Å²) in [7, 11) is 1.73. The molecular formula is C13H16N4O2. The number of rotatable bonds is 4. The van der Waals surface area contributed by atoms with Crippen molar-refractivity contribution in [1.82, 2.24) is 9.97 Å². The van der Waals surface area contributed by atoms with Crippen molar-refractivity contribution in [2.75, 3.05) is 30.8 Å². The number of nitrogens with two attached hydrogens (primary N) is 1. The molecule has 0 radical (unpaired) electrons. The number of hydrogen-bond acceptors (Lipinski definition) is 6. The Hall–Kier alpha value is -2.37. The first-order valence-electron chi connectivity index (χ1n) is 6.01. The molecule has 6 nitrogen and oxygen atoms in total. The van der Waals surface area contributed by atoms with Gasteiger partial charge in [0.05, 0.1) is 17.6 Å². The molecule has 0 amide bonds. The van der Waals surface area contributed by atoms with Crippen LogP contribution in [0.15, 0.2) is 24.3 Å². The van der Waals surface area contributed by atoms with E-state index in [1.54, 1.807) is 18.9 Å². The molecule has 0 saturated carbocycles. The van der Waals surface area contributed by atoms with Crippen LogP contribution in [-0.4, -0.2) is 36.1 Å². The Morgan fingerprint density at radius 1 is 1.32 bits per heavy atom. The summed E-state index contributed by atoms with van der Waals surface area (Å²) in [6.45, 7) is 2.21. The van der Waals surface area contributed by atoms with Crippen molar-refractivity contribution in [1.29, 1.82) is 0 Å². The number of carbonyl (C=O) groups excluding carboxylic acids is 1. The van der Waals surface area contributed by atoms with E-state index in [2.05, 4.69) is 9.97 Å². The van der Waals surface area contributed by atoms with Crippen molar-refractivity contribution in [3.05, 3.63) is 24.3 Å². The second-order valence-corrected chi connectivity index (χ2v) is 4.08. The van der Waals surface area contributed by atoms with Crippen LogP contribution in [0.2, 0.25) is 0 Å². The molecule has 1 aromatic heterocycles. The first-order valence-corrected chi connectivity index (χ1v) is 6.01. The highest BCUT2D eigenvalue weighted by Gasteiger charge is 2.14. The van der Waals surface area contributed by atoms with Crippen molar-refractivity contribution < 1.29 is 9.53 Å². The summed E-state index contributed by atoms with van der Waals surface area (Å²) < 4.78 is 4.89. The molecule has 1 heterocycles. The van der Waals surface area contributed by atoms with Crippen LogP contribution >= 0.6 is 0 Å². The SMILES string of the molecule is CCOC(=O)CN(C)c1nc2ccccc2nc1N. The van der Waals surface area contributed by atoms with Crippen molar-refractivity contribution >= 4 is 28.6 Å². The number of para-hydroxylation sites is 2. The fourth-order valence-corrected chi connectivity index (χ4v) is 1.76. The lowest BCUT2D eigenvalue weighted by Crippen LogP contribution is -2.28. The van der Waals surface area contributed by atoms with E-state index in [1.165, 1.54) is 0 Å². The molecule has 0 saturated heterocycles. The van der Waals surface area contributed by atoms with Crippen LogP contribution in [0.3, 0.4) is 0 Å². The molecule has 19 heavy (non-hydrogen) atoms. The topological polar surface area (TPSA) is 81.3 Å². The zero-order valence-corrected chi connectivity index (χ0v) is 11.0. The summed E-state index contributed by atoms with van der Waals surface area (Å²) in [5.41, 5.74) is 7.34. The van der Waals surface area contributed by atoms with Crippen molar-refractivity contribution in [2.24, 2.45) is 0 Å². The van der Waals surface area contributed by atoms with Crippen LogP contribution in [0.1, 0.15) is 6.92 Å². The molecule has 2 N–H and O–H groups in total. The van der Waals surface area contributed by atoms with Gasteiger partial charge in [-0.2, -0.15) is 0 Å². The highest BCUT2D eigenvalue weighted by atomic mass is 16.5. The maximum absolute atomic E-state index is 11.4. The second-order valence-electron chi connectivity index (χ2n) is 4.08. The van der Waals surface area contributed by atoms with Crippen LogP contribution in [-0.2, 0) is 9.53 Å². The Morgan fingerprint density at radius 3 is 2.58 bits per heavy atom. The standard InChI is InChI=1S/C13H16N4O2/c1-3-19-11(18)8-17(2)13-12(14)15-9-6-4-5-7-10(9)16-13/h4-7H,3,8H2,1-2H3,(H2,14,15). The number of carbonyl (C=O) groups is 1. The number of nitrogen functional groups attached to an aromatic ring is 1. The summed E-state index contributed by atoms with van der Waals surface area (Å²) in [5.74, 6) is 0.455. The van der Waals surface area contributed by atoms with Crippen LogP contribution in [0.4, 0.5) is 11.6 Å². The average Bonchev–Trinajstić information content (AvgIpc) is 2.38. The number of anilines is 2. The summed E-state index contributed by atoms with van der Waals surface area (Å²) in [6.07, 6.45) is 0. The van der Waals surface area contributed by atoms with Crippen molar-refractivity contribution in [3.8, 4) is 0 Å². The van der Waals surface area contributed by atoms with Crippen LogP contribution in [0.5, 0.6) is 0 Å². The summed E-state index contributed by atoms with van der Waals surface area (Å²) >= 11 is 0. The zero-order valence-electron chi connectivity index (χ0n) is 11.0. The molecule has 2 rings (SSSR count). The molecule has 0 unspecified atom stereocenters. The highest BCUT2D eigenvalue weighted by Crippen LogP contribution is 2.21. The first-order chi connectivity index (χ1) is 9.11. The summed E-state index contributed by atoms with van der Waals surface area (Å²) in [6, 6.07) is 7.44. The predicted molar refractivity (Wildman–Crippen MR) is 73.9 cm³/mol. The lowest BCUT2D eigenvalue weighted by Gasteiger charge is -2.18. The number of benzene rings is 1. The molecule has 1 aromatic carbocycles. The van der Waals surface area contributed by atoms with E-state index in [9.17, 15) is 4.79 Å². The Bertz CT molecular complexity index is 600. The molecule has 0 spiro atoms. The molecule has 0 aliphatic carbocycles. The fraction of sp³-hybridized carbons (Fsp3) is 0.308. The number of likely N-dealkylation sites (N-methyl/N-ethyl adjacent to an activating group) is 1. The Kier molecular flexibility index (Phi) is 3.79. The van der Waals surface area contributed by atoms with E-state index in [4.69, 9.17) is 10.5 Å². The molecule has 6 heteroatoms. The zero-order chi connectivity index (χ0) is 13.8. The Morgan fingerprint density at radius 2 is 1.95 bits per heavy atom. The third-order valence-electron chi connectivity index (χ3n) is 2.61. The number of nitrogens with zero attached hydrogens (tertiary/aromatic N) is 3. The van der Waals surface area contributed by atoms with Crippen molar-refractivity contribution in [2.45, 2.75) is 6.92 Å². The van der Waals surface area contributed by atoms with Gasteiger partial charge in [0.1, 0.15) is 6.54 Å². The third-order valence-corrected chi connectivity index (χ3v) is 2.61. The van der Waals surface area contributed by atoms with E-state index < -0.39 is 0 Å². The lowest BCUT2D eigenvalue weighted by atomic mass is 10.3. The van der Waals surface area contributed by atoms with E-state index in [1.807, 2.05) is 24.3 Å². The van der Waals surface area contributed by atoms with E-state index in [-0.39, 0.29) is 12.5 Å². The maximum Gasteiger partial charge on any atom is 0.325 e. The Balaban J connectivity index is 2.28. The van der Waals surface area contributed by atoms with Gasteiger partial charge in [-0.15, -0.1) is 0 Å². The smallest absolute Gasteiger partial charge is 0.325 e. The fourth-order valence-electron chi connectivity index (χ4n) is 1.76. The van der Waals surface area contributed by atoms with Crippen LogP contribution in [0.25, 0.3) is 11.0 Å². The minimum atomic E-state index is -0.320. The Labute approximate surface area is 111 Å². The average molecular weight is 260 g/mol. The molecule has 0 aliphatic heterocycles. The highest BCUT2D eigenvalue weighted by molar-refractivity contribution is 5.82. The molecule has 100 valence electrons. The number of hydrogen-bond donors (Lipinski definition) is 1. The van der Waals surface area contributed by atoms with Gasteiger partial charge in [0, 0.05) is 7.05 Å². The van der Waals surface area contributed by atoms with Crippen molar-refractivity contribution in [3.63, 3.8) is 0 Å². The molecule has 0 fully saturated rings. The summed E-state index contributed by atoms with van der Waals surface area (Å²) in [5, 5.41) is 0. The molecule has 0 aliphatic rings. The van der Waals surface area contributed by atoms with Gasteiger partial charge in [-0.05, 0) is 19.1 Å². The number of esters is 1. The number of ether oxygens (including phenoxy) is 1. The molecule has 0 atom stereocenters. The second kappa shape index (κ2) is 5.51. The normalized spacial score (nSPS) is 10.4. The third kappa shape index (κ3) is 2.90. The lowest BCUT2D eigenvalue weighted by molar-refractivity contribution is -0.141. The van der Waals surface area contributed by atoms with Gasteiger partial charge in [-0.1, -0.05) is 12.1 Å². The van der Waals surface area contributed by atoms with E-state index in [0.29, 0.717) is 18.2 Å². The van der Waals surface area contributed by atoms with Gasteiger partial charge < -0.3 is 15.4 Å². The quantitative estimate of drug-likeness (QED) is 0.832. The predicted octanol–water partition coefficient (Wildman–Crippen LogP) is 1.21. The van der Waals surface area contributed by atoms with Gasteiger partial charge in [0.15, 0.2) is 11.6 Å². The maximum atomic E-state index is 11.4. The van der Waals surface area contributed by atoms with E-state index >= 15 is 0 Å². The molecule has 0 bridgehead atoms. The van der Waals surface area contributed by atoms with Gasteiger partial charge in [-0.3, -0.25) is 4.79 Å². The largest absolute Gasteiger partial charge is 0.465 e. The summed E-state index contributed by atoms with van der Waals surface area (Å²) in [4.78, 5) is 21.8. The number of fused-ring (bicyclic) bond motifs is 1. The van der Waals surface area contributed by atoms with Gasteiger partial charge in [0.25, 0.3) is 0 Å². The van der Waals surface area contributed by atoms with Gasteiger partial charge in [-0.25, -0.2) is 9.97 Å². The minimum Gasteiger partial charge on any atom is -0.465 e. The van der Waals surface area contributed by atoms with Gasteiger partial charge in [0.2, 0.25) is 0 Å². The molecular weight excluding hydrogens is 244 g/mol. The molecule has 2 aromatic rings. The number of aromatic nitrogens is 2. The minimum absolute atomic E-state index is 0.0884. The van der Waals surface area contributed by atoms with Gasteiger partial charge >= 0.3 is 5.97 Å². The monoisotopic (exact) mass is 260 g/mol.